The molecule has 0 saturated heterocycles. The van der Waals surface area contributed by atoms with Gasteiger partial charge < -0.3 is 0 Å². The van der Waals surface area contributed by atoms with Gasteiger partial charge in [0, 0.05) is 0 Å². The van der Waals surface area contributed by atoms with E-state index in [4.69, 9.17) is 0 Å². The second kappa shape index (κ2) is 1.12. The quantitative estimate of drug-likeness (QED) is 0.399. The summed E-state index contributed by atoms with van der Waals surface area (Å²) in [5.41, 5.74) is 0. The summed E-state index contributed by atoms with van der Waals surface area (Å²) >= 11 is 0. The van der Waals surface area contributed by atoms with Crippen molar-refractivity contribution in [1.82, 2.24) is 0 Å². The van der Waals surface area contributed by atoms with Crippen molar-refractivity contribution in [1.29, 1.82) is 0 Å². The van der Waals surface area contributed by atoms with Crippen LogP contribution in [0.5, 0.6) is 0 Å². The molecule has 0 aliphatic heterocycles. The Morgan fingerprint density at radius 2 is 1.86 bits per heavy atom. The van der Waals surface area contributed by atoms with Crippen LogP contribution in [0.2, 0.25) is 0 Å². The molecule has 0 aromatic heterocycles. The summed E-state index contributed by atoms with van der Waals surface area (Å²) in [5, 5.41) is 0. The molecule has 0 amide bonds. The fraction of sp³-hybridized carbons (Fsp3) is 0.500. The Hall–Kier alpha value is -0.730. The molecular weight excluding hydrogens is 99.0 g/mol. The fourth-order valence-corrected chi connectivity index (χ4v) is 0.399. The lowest BCUT2D eigenvalue weighted by Gasteiger charge is -2.11. The van der Waals surface area contributed by atoms with E-state index in [0.29, 0.717) is 0 Å². The van der Waals surface area contributed by atoms with Gasteiger partial charge in [-0.05, 0) is 0 Å². The summed E-state index contributed by atoms with van der Waals surface area (Å²) in [4.78, 5) is 19.7. The molecule has 0 unspecified atom stereocenters. The van der Waals surface area contributed by atoms with E-state index < -0.39 is 17.7 Å². The third kappa shape index (κ3) is 0.444. The highest BCUT2D eigenvalue weighted by molar-refractivity contribution is 6.23. The molecule has 1 saturated carbocycles. The molecule has 1 rings (SSSR count). The average Bonchev–Trinajstić information content (AvgIpc) is 1.68. The van der Waals surface area contributed by atoms with Crippen molar-refractivity contribution < 1.29 is 14.0 Å². The van der Waals surface area contributed by atoms with Crippen molar-refractivity contribution >= 4 is 11.6 Å². The molecule has 0 radical (unpaired) electrons. The number of Topliss-reactive ketones (excluding diaryl/α,β-unsaturated/α-hetero) is 2. The summed E-state index contributed by atoms with van der Waals surface area (Å²) in [6.07, 6.45) is -1.97. The summed E-state index contributed by atoms with van der Waals surface area (Å²) in [6, 6.07) is 0. The highest BCUT2D eigenvalue weighted by Crippen LogP contribution is 2.12. The van der Waals surface area contributed by atoms with Crippen molar-refractivity contribution in [2.45, 2.75) is 12.6 Å². The first-order valence-corrected chi connectivity index (χ1v) is 1.91. The average molecular weight is 102 g/mol. The minimum absolute atomic E-state index is 0.193. The number of alkyl halides is 1. The van der Waals surface area contributed by atoms with Crippen LogP contribution < -0.4 is 0 Å². The van der Waals surface area contributed by atoms with Gasteiger partial charge in [0.2, 0.25) is 6.17 Å². The summed E-state index contributed by atoms with van der Waals surface area (Å²) in [7, 11) is 0. The zero-order chi connectivity index (χ0) is 5.44. The van der Waals surface area contributed by atoms with Crippen LogP contribution >= 0.6 is 0 Å². The molecule has 38 valence electrons. The topological polar surface area (TPSA) is 34.1 Å². The molecule has 7 heavy (non-hydrogen) atoms. The van der Waals surface area contributed by atoms with Gasteiger partial charge in [-0.15, -0.1) is 0 Å². The van der Waals surface area contributed by atoms with Crippen LogP contribution in [0.25, 0.3) is 0 Å². The smallest absolute Gasteiger partial charge is 0.217 e. The van der Waals surface area contributed by atoms with Gasteiger partial charge in [0.15, 0.2) is 11.6 Å². The second-order valence-electron chi connectivity index (χ2n) is 1.47. The highest BCUT2D eigenvalue weighted by atomic mass is 19.1. The molecule has 1 aliphatic rings. The zero-order valence-electron chi connectivity index (χ0n) is 3.48. The van der Waals surface area contributed by atoms with Crippen molar-refractivity contribution in [3.05, 3.63) is 0 Å². The second-order valence-corrected chi connectivity index (χ2v) is 1.47. The number of halogens is 1. The van der Waals surface area contributed by atoms with Crippen LogP contribution in [-0.2, 0) is 9.59 Å². The molecule has 1 fully saturated rings. The molecule has 3 heteroatoms. The number of rotatable bonds is 0. The number of ketones is 2. The molecule has 0 bridgehead atoms. The van der Waals surface area contributed by atoms with E-state index in [0.717, 1.165) is 0 Å². The van der Waals surface area contributed by atoms with Gasteiger partial charge in [-0.1, -0.05) is 0 Å². The maximum Gasteiger partial charge on any atom is 0.217 e. The molecule has 2 nitrogen and oxygen atoms in total. The lowest BCUT2D eigenvalue weighted by atomic mass is 9.94. The van der Waals surface area contributed by atoms with Gasteiger partial charge in [0.25, 0.3) is 0 Å². The minimum atomic E-state index is -1.78. The van der Waals surface area contributed by atoms with E-state index in [1.165, 1.54) is 0 Å². The number of carbonyl (C=O) groups is 2. The molecular formula is C4H3FO2. The SMILES string of the molecule is O=C1CC(=O)C1F. The number of hydrogen-bond acceptors (Lipinski definition) is 2. The molecule has 1 aliphatic carbocycles. The predicted octanol–water partition coefficient (Wildman–Crippen LogP) is -0.134. The molecule has 0 spiro atoms. The van der Waals surface area contributed by atoms with E-state index in [2.05, 4.69) is 0 Å². The summed E-state index contributed by atoms with van der Waals surface area (Å²) in [5.74, 6) is -1.16. The number of carbonyl (C=O) groups excluding carboxylic acids is 2. The summed E-state index contributed by atoms with van der Waals surface area (Å²) in [6.45, 7) is 0. The van der Waals surface area contributed by atoms with Crippen molar-refractivity contribution in [3.8, 4) is 0 Å². The van der Waals surface area contributed by atoms with Crippen LogP contribution in [-0.4, -0.2) is 17.7 Å². The number of hydrogen-bond donors (Lipinski definition) is 0. The first-order valence-electron chi connectivity index (χ1n) is 1.91. The highest BCUT2D eigenvalue weighted by Gasteiger charge is 2.37. The van der Waals surface area contributed by atoms with Gasteiger partial charge in [-0.25, -0.2) is 4.39 Å². The van der Waals surface area contributed by atoms with E-state index in [-0.39, 0.29) is 6.42 Å². The van der Waals surface area contributed by atoms with Crippen LogP contribution in [0, 0.1) is 0 Å². The molecule has 0 N–H and O–H groups in total. The Balaban J connectivity index is 2.59. The Labute approximate surface area is 39.3 Å². The van der Waals surface area contributed by atoms with Gasteiger partial charge in [-0.2, -0.15) is 0 Å². The van der Waals surface area contributed by atoms with Crippen LogP contribution in [0.3, 0.4) is 0 Å². The minimum Gasteiger partial charge on any atom is -0.295 e. The Morgan fingerprint density at radius 1 is 1.43 bits per heavy atom. The fourth-order valence-electron chi connectivity index (χ4n) is 0.399. The first kappa shape index (κ1) is 4.43. The van der Waals surface area contributed by atoms with Crippen molar-refractivity contribution in [2.75, 3.05) is 0 Å². The van der Waals surface area contributed by atoms with Crippen LogP contribution in [0.15, 0.2) is 0 Å². The predicted molar refractivity (Wildman–Crippen MR) is 19.5 cm³/mol. The van der Waals surface area contributed by atoms with E-state index in [9.17, 15) is 14.0 Å². The van der Waals surface area contributed by atoms with Gasteiger partial charge in [-0.3, -0.25) is 9.59 Å². The van der Waals surface area contributed by atoms with Crippen LogP contribution in [0.4, 0.5) is 4.39 Å². The molecule has 0 heterocycles. The van der Waals surface area contributed by atoms with Gasteiger partial charge >= 0.3 is 0 Å². The monoisotopic (exact) mass is 102 g/mol. The lowest BCUT2D eigenvalue weighted by molar-refractivity contribution is -0.145. The van der Waals surface area contributed by atoms with E-state index >= 15 is 0 Å². The molecule has 0 aromatic carbocycles. The molecule has 0 atom stereocenters. The van der Waals surface area contributed by atoms with Gasteiger partial charge in [0.05, 0.1) is 6.42 Å². The molecule has 0 aromatic rings. The summed E-state index contributed by atoms with van der Waals surface area (Å²) < 4.78 is 11.6. The maximum atomic E-state index is 11.6. The first-order chi connectivity index (χ1) is 3.22. The van der Waals surface area contributed by atoms with Gasteiger partial charge in [0.1, 0.15) is 0 Å². The Bertz CT molecular complexity index is 116. The third-order valence-electron chi connectivity index (χ3n) is 0.914. The largest absolute Gasteiger partial charge is 0.295 e. The Kier molecular flexibility index (Phi) is 0.708. The Morgan fingerprint density at radius 3 is 1.86 bits per heavy atom. The normalized spacial score (nSPS) is 22.4. The van der Waals surface area contributed by atoms with Crippen LogP contribution in [0.1, 0.15) is 6.42 Å². The van der Waals surface area contributed by atoms with E-state index in [1.54, 1.807) is 0 Å². The van der Waals surface area contributed by atoms with Crippen molar-refractivity contribution in [3.63, 3.8) is 0 Å². The van der Waals surface area contributed by atoms with Crippen molar-refractivity contribution in [2.24, 2.45) is 0 Å². The van der Waals surface area contributed by atoms with E-state index in [1.807, 2.05) is 0 Å². The third-order valence-corrected chi connectivity index (χ3v) is 0.914. The maximum absolute atomic E-state index is 11.6. The lowest BCUT2D eigenvalue weighted by Crippen LogP contribution is -2.39. The standard InChI is InChI=1S/C4H3FO2/c5-4-2(6)1-3(4)7/h4H,1H2. The zero-order valence-corrected chi connectivity index (χ0v) is 3.48.